The number of fused-ring (bicyclic) bond motifs is 1. The van der Waals surface area contributed by atoms with Crippen LogP contribution in [0.1, 0.15) is 34.7 Å². The number of hydrogen-bond donors (Lipinski definition) is 2. The second-order valence-corrected chi connectivity index (χ2v) is 6.07. The zero-order chi connectivity index (χ0) is 20.7. The number of aryl methyl sites for hydroxylation is 1. The van der Waals surface area contributed by atoms with Gasteiger partial charge in [-0.1, -0.05) is 6.07 Å². The number of benzene rings is 1. The van der Waals surface area contributed by atoms with Crippen molar-refractivity contribution in [1.82, 2.24) is 25.1 Å². The Hall–Kier alpha value is -3.36. The van der Waals surface area contributed by atoms with Crippen LogP contribution >= 0.6 is 0 Å². The van der Waals surface area contributed by atoms with Gasteiger partial charge in [0.25, 0.3) is 5.91 Å². The number of carbonyl (C=O) groups excluding carboxylic acids is 3. The molecule has 0 saturated heterocycles. The minimum atomic E-state index is -0.738. The summed E-state index contributed by atoms with van der Waals surface area (Å²) in [4.78, 5) is 39.3. The minimum absolute atomic E-state index is 0.112. The average Bonchev–Trinajstić information content (AvgIpc) is 3.28. The molecule has 3 amide bonds. The van der Waals surface area contributed by atoms with Crippen molar-refractivity contribution in [2.45, 2.75) is 19.5 Å². The summed E-state index contributed by atoms with van der Waals surface area (Å²) in [5, 5.41) is 4.85. The van der Waals surface area contributed by atoms with Gasteiger partial charge in [-0.3, -0.25) is 14.4 Å². The molecule has 0 radical (unpaired) electrons. The highest BCUT2D eigenvalue weighted by molar-refractivity contribution is 5.98. The third-order valence-electron chi connectivity index (χ3n) is 4.44. The Labute approximate surface area is 163 Å². The summed E-state index contributed by atoms with van der Waals surface area (Å²) in [6, 6.07) is 4.93. The molecule has 9 heteroatoms. The molecule has 2 N–H and O–H groups in total. The van der Waals surface area contributed by atoms with E-state index in [1.54, 1.807) is 31.1 Å². The number of carbonyl (C=O) groups is 3. The predicted octanol–water partition coefficient (Wildman–Crippen LogP) is 0.624. The Balaban J connectivity index is 0.000000200. The summed E-state index contributed by atoms with van der Waals surface area (Å²) in [7, 11) is 4.87. The van der Waals surface area contributed by atoms with Crippen LogP contribution in [0.3, 0.4) is 0 Å². The fourth-order valence-corrected chi connectivity index (χ4v) is 2.86. The Morgan fingerprint density at radius 1 is 1.43 bits per heavy atom. The third kappa shape index (κ3) is 4.48. The fourth-order valence-electron chi connectivity index (χ4n) is 2.86. The third-order valence-corrected chi connectivity index (χ3v) is 4.44. The topological polar surface area (TPSA) is 106 Å². The number of methoxy groups -OCH3 is 1. The van der Waals surface area contributed by atoms with Crippen LogP contribution in [-0.4, -0.2) is 53.4 Å². The van der Waals surface area contributed by atoms with E-state index in [0.29, 0.717) is 12.2 Å². The molecular weight excluding hydrogens is 362 g/mol. The summed E-state index contributed by atoms with van der Waals surface area (Å²) in [6.45, 7) is 3.48. The van der Waals surface area contributed by atoms with Crippen molar-refractivity contribution >= 4 is 18.2 Å². The van der Waals surface area contributed by atoms with Crippen LogP contribution in [0, 0.1) is 0 Å². The molecule has 1 unspecified atom stereocenters. The van der Waals surface area contributed by atoms with E-state index in [0.717, 1.165) is 30.0 Å². The van der Waals surface area contributed by atoms with E-state index < -0.39 is 6.04 Å². The zero-order valence-corrected chi connectivity index (χ0v) is 16.4. The van der Waals surface area contributed by atoms with Crippen LogP contribution < -0.4 is 15.4 Å². The van der Waals surface area contributed by atoms with Gasteiger partial charge in [-0.25, -0.2) is 4.98 Å². The molecule has 1 aromatic heterocycles. The second-order valence-electron chi connectivity index (χ2n) is 6.07. The van der Waals surface area contributed by atoms with Gasteiger partial charge in [0.05, 0.1) is 7.11 Å². The van der Waals surface area contributed by atoms with Crippen molar-refractivity contribution in [3.8, 4) is 5.75 Å². The lowest BCUT2D eigenvalue weighted by Gasteiger charge is -2.13. The normalized spacial score (nSPS) is 13.1. The highest BCUT2D eigenvalue weighted by Gasteiger charge is 2.26. The molecule has 28 heavy (non-hydrogen) atoms. The van der Waals surface area contributed by atoms with Crippen molar-refractivity contribution < 1.29 is 19.1 Å². The standard InChI is InChI=1S/C11H13NO2.C8H12N4O2/c1-3-12-7-8-4-5-9(14-2)6-10(8)11(12)13;1-9-8(14)6(11-5-13)7-10-3-4-12(7)2/h4-6H,3,7H2,1-2H3;3-6H,1-2H3,(H,9,14)(H,11,13). The lowest BCUT2D eigenvalue weighted by molar-refractivity contribution is -0.125. The molecule has 1 aliphatic rings. The molecule has 3 rings (SSSR count). The summed E-state index contributed by atoms with van der Waals surface area (Å²) in [6.07, 6.45) is 3.75. The first-order valence-electron chi connectivity index (χ1n) is 8.81. The number of rotatable bonds is 6. The molecule has 0 fully saturated rings. The van der Waals surface area contributed by atoms with Crippen molar-refractivity contribution in [3.05, 3.63) is 47.5 Å². The van der Waals surface area contributed by atoms with Gasteiger partial charge in [0.2, 0.25) is 12.3 Å². The molecule has 0 spiro atoms. The number of nitrogens with one attached hydrogen (secondary N) is 2. The lowest BCUT2D eigenvalue weighted by atomic mass is 10.1. The maximum Gasteiger partial charge on any atom is 0.254 e. The number of amides is 3. The highest BCUT2D eigenvalue weighted by atomic mass is 16.5. The number of aromatic nitrogens is 2. The number of imidazole rings is 1. The van der Waals surface area contributed by atoms with Gasteiger partial charge >= 0.3 is 0 Å². The van der Waals surface area contributed by atoms with Crippen LogP contribution in [0.2, 0.25) is 0 Å². The van der Waals surface area contributed by atoms with E-state index in [1.165, 1.54) is 7.05 Å². The monoisotopic (exact) mass is 387 g/mol. The molecule has 150 valence electrons. The van der Waals surface area contributed by atoms with E-state index >= 15 is 0 Å². The number of likely N-dealkylation sites (N-methyl/N-ethyl adjacent to an activating group) is 1. The quantitative estimate of drug-likeness (QED) is 0.707. The molecular formula is C19H25N5O4. The Morgan fingerprint density at radius 2 is 2.18 bits per heavy atom. The van der Waals surface area contributed by atoms with Crippen molar-refractivity contribution in [1.29, 1.82) is 0 Å². The van der Waals surface area contributed by atoms with E-state index in [2.05, 4.69) is 15.6 Å². The number of ether oxygens (including phenoxy) is 1. The van der Waals surface area contributed by atoms with Crippen LogP contribution in [0.15, 0.2) is 30.6 Å². The van der Waals surface area contributed by atoms with Gasteiger partial charge in [-0.15, -0.1) is 0 Å². The fraction of sp³-hybridized carbons (Fsp3) is 0.368. The van der Waals surface area contributed by atoms with Crippen molar-refractivity contribution in [3.63, 3.8) is 0 Å². The molecule has 0 bridgehead atoms. The zero-order valence-electron chi connectivity index (χ0n) is 16.4. The van der Waals surface area contributed by atoms with E-state index in [9.17, 15) is 14.4 Å². The van der Waals surface area contributed by atoms with Crippen LogP contribution in [0.25, 0.3) is 0 Å². The molecule has 1 atom stereocenters. The number of nitrogens with zero attached hydrogens (tertiary/aromatic N) is 3. The van der Waals surface area contributed by atoms with Gasteiger partial charge in [0, 0.05) is 45.1 Å². The average molecular weight is 387 g/mol. The van der Waals surface area contributed by atoms with E-state index in [1.807, 2.05) is 30.0 Å². The first-order valence-corrected chi connectivity index (χ1v) is 8.81. The van der Waals surface area contributed by atoms with Crippen LogP contribution in [0.4, 0.5) is 0 Å². The minimum Gasteiger partial charge on any atom is -0.497 e. The van der Waals surface area contributed by atoms with Crippen molar-refractivity contribution in [2.24, 2.45) is 7.05 Å². The van der Waals surface area contributed by atoms with Gasteiger partial charge in [-0.05, 0) is 24.6 Å². The van der Waals surface area contributed by atoms with E-state index in [-0.39, 0.29) is 11.8 Å². The number of hydrogen-bond acceptors (Lipinski definition) is 5. The van der Waals surface area contributed by atoms with Gasteiger partial charge in [0.15, 0.2) is 6.04 Å². The summed E-state index contributed by atoms with van der Waals surface area (Å²) >= 11 is 0. The first kappa shape index (κ1) is 20.9. The molecule has 0 aliphatic carbocycles. The summed E-state index contributed by atoms with van der Waals surface area (Å²) < 4.78 is 6.76. The molecule has 0 saturated carbocycles. The smallest absolute Gasteiger partial charge is 0.254 e. The van der Waals surface area contributed by atoms with E-state index in [4.69, 9.17) is 4.74 Å². The Kier molecular flexibility index (Phi) is 7.14. The predicted molar refractivity (Wildman–Crippen MR) is 103 cm³/mol. The molecule has 1 aromatic carbocycles. The summed E-state index contributed by atoms with van der Waals surface area (Å²) in [5.74, 6) is 1.05. The molecule has 1 aliphatic heterocycles. The Morgan fingerprint density at radius 3 is 2.71 bits per heavy atom. The second kappa shape index (κ2) is 9.54. The van der Waals surface area contributed by atoms with Crippen LogP contribution in [0.5, 0.6) is 5.75 Å². The lowest BCUT2D eigenvalue weighted by Crippen LogP contribution is -2.36. The Bertz CT molecular complexity index is 849. The molecule has 9 nitrogen and oxygen atoms in total. The maximum absolute atomic E-state index is 11.8. The summed E-state index contributed by atoms with van der Waals surface area (Å²) in [5.41, 5.74) is 1.88. The van der Waals surface area contributed by atoms with Gasteiger partial charge in [-0.2, -0.15) is 0 Å². The highest BCUT2D eigenvalue weighted by Crippen LogP contribution is 2.26. The van der Waals surface area contributed by atoms with Crippen LogP contribution in [-0.2, 0) is 23.2 Å². The van der Waals surface area contributed by atoms with Gasteiger partial charge < -0.3 is 24.8 Å². The molecule has 2 aromatic rings. The van der Waals surface area contributed by atoms with Crippen molar-refractivity contribution in [2.75, 3.05) is 20.7 Å². The van der Waals surface area contributed by atoms with Gasteiger partial charge in [0.1, 0.15) is 11.6 Å². The maximum atomic E-state index is 11.8. The molecule has 2 heterocycles. The first-order chi connectivity index (χ1) is 13.5. The SMILES string of the molecule is CCN1Cc2ccc(OC)cc2C1=O.CNC(=O)C(NC=O)c1nccn1C. The largest absolute Gasteiger partial charge is 0.497 e.